The molecule has 66 valence electrons. The first-order valence-electron chi connectivity index (χ1n) is 3.81. The van der Waals surface area contributed by atoms with Crippen LogP contribution in [0.15, 0.2) is 6.33 Å². The minimum absolute atomic E-state index is 0.00995. The second-order valence-corrected chi connectivity index (χ2v) is 2.66. The van der Waals surface area contributed by atoms with Crippen LogP contribution in [-0.2, 0) is 0 Å². The van der Waals surface area contributed by atoms with Crippen molar-refractivity contribution in [1.29, 1.82) is 10.5 Å². The summed E-state index contributed by atoms with van der Waals surface area (Å²) in [6.07, 6.45) is 1.47. The van der Waals surface area contributed by atoms with Crippen molar-refractivity contribution < 1.29 is 0 Å². The van der Waals surface area contributed by atoms with Gasteiger partial charge >= 0.3 is 0 Å². The average Bonchev–Trinajstić information content (AvgIpc) is 2.58. The number of imidazole rings is 1. The molecule has 1 unspecified atom stereocenters. The topological polar surface area (TPSA) is 91.4 Å². The van der Waals surface area contributed by atoms with Gasteiger partial charge in [0.05, 0.1) is 6.33 Å². The van der Waals surface area contributed by atoms with Gasteiger partial charge in [0.1, 0.15) is 12.1 Å². The van der Waals surface area contributed by atoms with E-state index in [0.29, 0.717) is 6.54 Å². The smallest absolute Gasteiger partial charge is 0.176 e. The van der Waals surface area contributed by atoms with Crippen LogP contribution in [0, 0.1) is 22.7 Å². The number of nitriles is 2. The minimum Gasteiger partial charge on any atom is -0.328 e. The normalized spacial score (nSPS) is 11.7. The van der Waals surface area contributed by atoms with E-state index in [4.69, 9.17) is 16.3 Å². The number of hydrogen-bond donors (Lipinski definition) is 1. The molecule has 0 saturated carbocycles. The molecule has 13 heavy (non-hydrogen) atoms. The highest BCUT2D eigenvalue weighted by molar-refractivity contribution is 5.36. The van der Waals surface area contributed by atoms with Crippen LogP contribution in [0.5, 0.6) is 0 Å². The molecule has 0 aliphatic rings. The van der Waals surface area contributed by atoms with Crippen molar-refractivity contribution in [1.82, 2.24) is 9.55 Å². The van der Waals surface area contributed by atoms with Gasteiger partial charge in [-0.2, -0.15) is 10.5 Å². The Morgan fingerprint density at radius 2 is 2.31 bits per heavy atom. The van der Waals surface area contributed by atoms with Crippen molar-refractivity contribution >= 4 is 0 Å². The summed E-state index contributed by atoms with van der Waals surface area (Å²) in [5.41, 5.74) is 5.87. The van der Waals surface area contributed by atoms with Gasteiger partial charge in [0, 0.05) is 12.6 Å². The molecular formula is C8H9N5. The molecule has 2 N–H and O–H groups in total. The van der Waals surface area contributed by atoms with Gasteiger partial charge in [0.2, 0.25) is 0 Å². The fourth-order valence-electron chi connectivity index (χ4n) is 1.00. The zero-order valence-corrected chi connectivity index (χ0v) is 7.23. The van der Waals surface area contributed by atoms with Crippen LogP contribution in [0.3, 0.4) is 0 Å². The number of aromatic nitrogens is 2. The summed E-state index contributed by atoms with van der Waals surface area (Å²) < 4.78 is 1.61. The quantitative estimate of drug-likeness (QED) is 0.692. The van der Waals surface area contributed by atoms with Crippen LogP contribution < -0.4 is 5.73 Å². The zero-order chi connectivity index (χ0) is 9.84. The van der Waals surface area contributed by atoms with E-state index in [9.17, 15) is 0 Å². The molecule has 0 fully saturated rings. The van der Waals surface area contributed by atoms with E-state index in [1.807, 2.05) is 19.1 Å². The van der Waals surface area contributed by atoms with Gasteiger partial charge < -0.3 is 10.3 Å². The van der Waals surface area contributed by atoms with Crippen LogP contribution >= 0.6 is 0 Å². The maximum atomic E-state index is 8.76. The van der Waals surface area contributed by atoms with Crippen molar-refractivity contribution in [3.05, 3.63) is 17.7 Å². The fraction of sp³-hybridized carbons (Fsp3) is 0.375. The highest BCUT2D eigenvalue weighted by Crippen LogP contribution is 2.11. The van der Waals surface area contributed by atoms with E-state index in [-0.39, 0.29) is 17.4 Å². The zero-order valence-electron chi connectivity index (χ0n) is 7.23. The largest absolute Gasteiger partial charge is 0.328 e. The number of nitrogens with zero attached hydrogens (tertiary/aromatic N) is 4. The Bertz CT molecular complexity index is 378. The molecule has 1 heterocycles. The first-order valence-corrected chi connectivity index (χ1v) is 3.81. The van der Waals surface area contributed by atoms with E-state index in [2.05, 4.69) is 4.98 Å². The van der Waals surface area contributed by atoms with Crippen molar-refractivity contribution in [2.45, 2.75) is 13.0 Å². The Morgan fingerprint density at radius 3 is 2.77 bits per heavy atom. The van der Waals surface area contributed by atoms with Crippen LogP contribution in [0.25, 0.3) is 0 Å². The molecule has 0 aromatic carbocycles. The molecule has 0 radical (unpaired) electrons. The summed E-state index contributed by atoms with van der Waals surface area (Å²) in [6, 6.07) is 3.77. The van der Waals surface area contributed by atoms with E-state index in [0.717, 1.165) is 0 Å². The molecule has 0 aliphatic carbocycles. The van der Waals surface area contributed by atoms with Gasteiger partial charge in [0.15, 0.2) is 11.4 Å². The maximum Gasteiger partial charge on any atom is 0.176 e. The lowest BCUT2D eigenvalue weighted by atomic mass is 10.3. The summed E-state index contributed by atoms with van der Waals surface area (Å²) in [5.74, 6) is 0. The predicted molar refractivity (Wildman–Crippen MR) is 45.4 cm³/mol. The fourth-order valence-corrected chi connectivity index (χ4v) is 1.00. The summed E-state index contributed by atoms with van der Waals surface area (Å²) in [6.45, 7) is 2.28. The monoisotopic (exact) mass is 175 g/mol. The highest BCUT2D eigenvalue weighted by Gasteiger charge is 2.13. The van der Waals surface area contributed by atoms with Crippen LogP contribution in [0.1, 0.15) is 24.4 Å². The average molecular weight is 175 g/mol. The molecule has 5 nitrogen and oxygen atoms in total. The third-order valence-corrected chi connectivity index (χ3v) is 1.82. The maximum absolute atomic E-state index is 8.76. The van der Waals surface area contributed by atoms with Crippen LogP contribution in [0.4, 0.5) is 0 Å². The Morgan fingerprint density at radius 1 is 1.62 bits per heavy atom. The lowest BCUT2D eigenvalue weighted by Gasteiger charge is -2.10. The molecular weight excluding hydrogens is 166 g/mol. The van der Waals surface area contributed by atoms with Gasteiger partial charge in [0.25, 0.3) is 0 Å². The van der Waals surface area contributed by atoms with E-state index in [1.165, 1.54) is 6.33 Å². The molecule has 1 rings (SSSR count). The second-order valence-electron chi connectivity index (χ2n) is 2.66. The van der Waals surface area contributed by atoms with E-state index < -0.39 is 0 Å². The summed E-state index contributed by atoms with van der Waals surface area (Å²) in [5, 5.41) is 17.4. The van der Waals surface area contributed by atoms with E-state index in [1.54, 1.807) is 4.57 Å². The van der Waals surface area contributed by atoms with Crippen molar-refractivity contribution in [2.24, 2.45) is 5.73 Å². The van der Waals surface area contributed by atoms with Crippen molar-refractivity contribution in [3.63, 3.8) is 0 Å². The number of rotatable bonds is 2. The molecule has 1 aromatic heterocycles. The Hall–Kier alpha value is -1.85. The van der Waals surface area contributed by atoms with Crippen molar-refractivity contribution in [3.8, 4) is 12.1 Å². The molecule has 1 atom stereocenters. The highest BCUT2D eigenvalue weighted by atomic mass is 15.1. The standard InChI is InChI=1S/C8H9N5/c1-6(2-9)13-5-12-7(3-10)8(13)4-11/h5-6H,2,9H2,1H3. The molecule has 1 aromatic rings. The summed E-state index contributed by atoms with van der Waals surface area (Å²) in [7, 11) is 0. The van der Waals surface area contributed by atoms with Gasteiger partial charge in [-0.05, 0) is 6.92 Å². The summed E-state index contributed by atoms with van der Waals surface area (Å²) >= 11 is 0. The predicted octanol–water partition coefficient (Wildman–Crippen LogP) is 0.146. The van der Waals surface area contributed by atoms with Gasteiger partial charge in [-0.3, -0.25) is 0 Å². The molecule has 0 saturated heterocycles. The first-order chi connectivity index (χ1) is 6.24. The lowest BCUT2D eigenvalue weighted by molar-refractivity contribution is 0.553. The third kappa shape index (κ3) is 1.51. The molecule has 0 bridgehead atoms. The lowest BCUT2D eigenvalue weighted by Crippen LogP contribution is -2.16. The number of hydrogen-bond acceptors (Lipinski definition) is 4. The SMILES string of the molecule is CC(CN)n1cnc(C#N)c1C#N. The molecule has 0 amide bonds. The second kappa shape index (κ2) is 3.70. The van der Waals surface area contributed by atoms with E-state index >= 15 is 0 Å². The first kappa shape index (κ1) is 9.24. The molecule has 5 heteroatoms. The van der Waals surface area contributed by atoms with Gasteiger partial charge in [-0.25, -0.2) is 4.98 Å². The van der Waals surface area contributed by atoms with Gasteiger partial charge in [-0.15, -0.1) is 0 Å². The Balaban J connectivity index is 3.19. The van der Waals surface area contributed by atoms with Crippen LogP contribution in [0.2, 0.25) is 0 Å². The third-order valence-electron chi connectivity index (χ3n) is 1.82. The Labute approximate surface area is 76.0 Å². The van der Waals surface area contributed by atoms with Gasteiger partial charge in [-0.1, -0.05) is 0 Å². The number of nitrogens with two attached hydrogens (primary N) is 1. The molecule has 0 spiro atoms. The van der Waals surface area contributed by atoms with Crippen molar-refractivity contribution in [2.75, 3.05) is 6.54 Å². The van der Waals surface area contributed by atoms with Crippen LogP contribution in [-0.4, -0.2) is 16.1 Å². The minimum atomic E-state index is -0.00995. The summed E-state index contributed by atoms with van der Waals surface area (Å²) in [4.78, 5) is 3.80. The molecule has 0 aliphatic heterocycles. The Kier molecular flexibility index (Phi) is 2.63.